The largest absolute Gasteiger partial charge is 0.322 e. The molecule has 0 unspecified atom stereocenters. The number of allylic oxidation sites excluding steroid dienone is 1. The maximum atomic E-state index is 13.0. The topological polar surface area (TPSA) is 61.8 Å². The maximum absolute atomic E-state index is 13.0. The molecule has 0 atom stereocenters. The van der Waals surface area contributed by atoms with Crippen LogP contribution in [-0.2, 0) is 10.0 Å². The van der Waals surface area contributed by atoms with Crippen LogP contribution in [0.15, 0.2) is 101 Å². The Morgan fingerprint density at radius 2 is 1.54 bits per heavy atom. The number of nitrogens with one attached hydrogen (secondary N) is 1. The van der Waals surface area contributed by atoms with Crippen molar-refractivity contribution in [2.24, 2.45) is 4.99 Å². The molecule has 5 nitrogen and oxygen atoms in total. The number of fused-ring (bicyclic) bond motifs is 1. The number of nitrogens with zero attached hydrogens (tertiary/aromatic N) is 2. The minimum atomic E-state index is -3.72. The zero-order valence-electron chi connectivity index (χ0n) is 14.8. The van der Waals surface area contributed by atoms with E-state index >= 15 is 0 Å². The SMILES string of the molecule is Cl.O=S(=O)(Nc1ccccc1)c1ccc(N2C=CC=NC=C2)c2ccccc12. The average molecular weight is 412 g/mol. The third-order valence-electron chi connectivity index (χ3n) is 4.19. The number of sulfonamides is 1. The van der Waals surface area contributed by atoms with Gasteiger partial charge in [-0.15, -0.1) is 12.4 Å². The van der Waals surface area contributed by atoms with E-state index in [9.17, 15) is 8.42 Å². The molecule has 0 bridgehead atoms. The molecule has 0 saturated carbocycles. The second-order valence-electron chi connectivity index (χ2n) is 5.95. The fourth-order valence-corrected chi connectivity index (χ4v) is 4.25. The fraction of sp³-hybridized carbons (Fsp3) is 0. The highest BCUT2D eigenvalue weighted by Crippen LogP contribution is 2.33. The molecule has 0 saturated heterocycles. The zero-order chi connectivity index (χ0) is 18.7. The van der Waals surface area contributed by atoms with Gasteiger partial charge in [0.1, 0.15) is 0 Å². The van der Waals surface area contributed by atoms with Crippen LogP contribution in [0, 0.1) is 0 Å². The van der Waals surface area contributed by atoms with E-state index in [4.69, 9.17) is 0 Å². The van der Waals surface area contributed by atoms with Crippen LogP contribution < -0.4 is 9.62 Å². The predicted octanol–water partition coefficient (Wildman–Crippen LogP) is 4.94. The first kappa shape index (κ1) is 19.7. The minimum Gasteiger partial charge on any atom is -0.322 e. The van der Waals surface area contributed by atoms with Crippen LogP contribution in [0.1, 0.15) is 0 Å². The molecule has 1 aliphatic rings. The molecule has 28 heavy (non-hydrogen) atoms. The first-order valence-corrected chi connectivity index (χ1v) is 9.88. The molecule has 1 N–H and O–H groups in total. The van der Waals surface area contributed by atoms with Crippen LogP contribution in [0.5, 0.6) is 0 Å². The van der Waals surface area contributed by atoms with Crippen molar-refractivity contribution in [3.05, 3.63) is 91.4 Å². The lowest BCUT2D eigenvalue weighted by Crippen LogP contribution is -2.14. The molecule has 1 heterocycles. The second kappa shape index (κ2) is 8.29. The number of hydrogen-bond donors (Lipinski definition) is 1. The van der Waals surface area contributed by atoms with Gasteiger partial charge in [0.2, 0.25) is 0 Å². The molecule has 0 amide bonds. The van der Waals surface area contributed by atoms with Gasteiger partial charge in [-0.3, -0.25) is 9.71 Å². The van der Waals surface area contributed by atoms with E-state index in [2.05, 4.69) is 9.71 Å². The summed E-state index contributed by atoms with van der Waals surface area (Å²) in [4.78, 5) is 6.24. The normalized spacial score (nSPS) is 13.2. The van der Waals surface area contributed by atoms with E-state index in [0.717, 1.165) is 11.1 Å². The van der Waals surface area contributed by atoms with Crippen LogP contribution >= 0.6 is 12.4 Å². The Balaban J connectivity index is 0.00000225. The first-order chi connectivity index (χ1) is 13.1. The summed E-state index contributed by atoms with van der Waals surface area (Å²) in [5.74, 6) is 0. The van der Waals surface area contributed by atoms with E-state index in [1.54, 1.807) is 42.7 Å². The van der Waals surface area contributed by atoms with Crippen LogP contribution in [0.25, 0.3) is 10.8 Å². The van der Waals surface area contributed by atoms with Crippen molar-refractivity contribution in [3.63, 3.8) is 0 Å². The molecule has 142 valence electrons. The molecule has 0 fully saturated rings. The Bertz CT molecular complexity index is 1160. The number of benzene rings is 3. The van der Waals surface area contributed by atoms with E-state index in [1.165, 1.54) is 0 Å². The second-order valence-corrected chi connectivity index (χ2v) is 7.60. The quantitative estimate of drug-likeness (QED) is 0.661. The van der Waals surface area contributed by atoms with E-state index in [0.29, 0.717) is 11.1 Å². The standard InChI is InChI=1S/C21H17N3O2S.ClH/c25-27(26,23-17-7-2-1-3-8-17)21-12-11-20(18-9-4-5-10-19(18)21)24-15-6-13-22-14-16-24;/h1-16,23H;1H. The number of anilines is 2. The lowest BCUT2D eigenvalue weighted by atomic mass is 10.1. The number of para-hydroxylation sites is 1. The summed E-state index contributed by atoms with van der Waals surface area (Å²) in [5, 5.41) is 1.50. The highest BCUT2D eigenvalue weighted by atomic mass is 35.5. The van der Waals surface area contributed by atoms with E-state index < -0.39 is 10.0 Å². The lowest BCUT2D eigenvalue weighted by molar-refractivity contribution is 0.602. The molecule has 1 aliphatic heterocycles. The Labute approximate surface area is 170 Å². The Hall–Kier alpha value is -3.09. The summed E-state index contributed by atoms with van der Waals surface area (Å²) in [5.41, 5.74) is 1.41. The van der Waals surface area contributed by atoms with Gasteiger partial charge >= 0.3 is 0 Å². The smallest absolute Gasteiger partial charge is 0.262 e. The average Bonchev–Trinajstić information content (AvgIpc) is 2.97. The number of aliphatic imine (C=N–C) groups is 1. The molecule has 3 aromatic rings. The van der Waals surface area contributed by atoms with E-state index in [-0.39, 0.29) is 17.3 Å². The van der Waals surface area contributed by atoms with Gasteiger partial charge in [-0.25, -0.2) is 8.42 Å². The number of hydrogen-bond acceptors (Lipinski definition) is 4. The molecular weight excluding hydrogens is 394 g/mol. The van der Waals surface area contributed by atoms with Crippen LogP contribution in [0.4, 0.5) is 11.4 Å². The third kappa shape index (κ3) is 3.93. The van der Waals surface area contributed by atoms with E-state index in [1.807, 2.05) is 59.8 Å². The summed E-state index contributed by atoms with van der Waals surface area (Å²) >= 11 is 0. The van der Waals surface area contributed by atoms with Gasteiger partial charge in [0.15, 0.2) is 0 Å². The summed E-state index contributed by atoms with van der Waals surface area (Å²) < 4.78 is 28.6. The van der Waals surface area contributed by atoms with Crippen LogP contribution in [0.3, 0.4) is 0 Å². The van der Waals surface area contributed by atoms with Gasteiger partial charge in [0, 0.05) is 41.3 Å². The van der Waals surface area contributed by atoms with Crippen molar-refractivity contribution < 1.29 is 8.42 Å². The Kier molecular flexibility index (Phi) is 5.82. The summed E-state index contributed by atoms with van der Waals surface area (Å²) in [6, 6.07) is 19.8. The summed E-state index contributed by atoms with van der Waals surface area (Å²) in [6.45, 7) is 0. The Morgan fingerprint density at radius 3 is 2.32 bits per heavy atom. The molecule has 0 aromatic heterocycles. The summed E-state index contributed by atoms with van der Waals surface area (Å²) in [6.07, 6.45) is 8.93. The maximum Gasteiger partial charge on any atom is 0.262 e. The summed E-state index contributed by atoms with van der Waals surface area (Å²) in [7, 11) is -3.72. The fourth-order valence-electron chi connectivity index (χ4n) is 2.98. The molecule has 4 rings (SSSR count). The molecule has 0 radical (unpaired) electrons. The molecule has 3 aromatic carbocycles. The van der Waals surface area contributed by atoms with Crippen LogP contribution in [0.2, 0.25) is 0 Å². The van der Waals surface area contributed by atoms with Gasteiger partial charge in [0.05, 0.1) is 10.6 Å². The minimum absolute atomic E-state index is 0. The highest BCUT2D eigenvalue weighted by molar-refractivity contribution is 7.93. The highest BCUT2D eigenvalue weighted by Gasteiger charge is 2.19. The van der Waals surface area contributed by atoms with Gasteiger partial charge in [-0.05, 0) is 30.3 Å². The third-order valence-corrected chi connectivity index (χ3v) is 5.63. The molecule has 0 spiro atoms. The molecule has 0 aliphatic carbocycles. The Morgan fingerprint density at radius 1 is 0.821 bits per heavy atom. The van der Waals surface area contributed by atoms with Crippen molar-refractivity contribution in [3.8, 4) is 0 Å². The molecule has 7 heteroatoms. The number of halogens is 1. The van der Waals surface area contributed by atoms with Gasteiger partial charge in [0.25, 0.3) is 10.0 Å². The van der Waals surface area contributed by atoms with Crippen molar-refractivity contribution in [2.45, 2.75) is 4.90 Å². The lowest BCUT2D eigenvalue weighted by Gasteiger charge is -2.19. The monoisotopic (exact) mass is 411 g/mol. The molecular formula is C21H18ClN3O2S. The predicted molar refractivity (Wildman–Crippen MR) is 118 cm³/mol. The number of rotatable bonds is 4. The van der Waals surface area contributed by atoms with Crippen molar-refractivity contribution in [1.29, 1.82) is 0 Å². The van der Waals surface area contributed by atoms with Crippen LogP contribution in [-0.4, -0.2) is 14.6 Å². The van der Waals surface area contributed by atoms with Gasteiger partial charge in [-0.2, -0.15) is 0 Å². The van der Waals surface area contributed by atoms with Crippen molar-refractivity contribution in [2.75, 3.05) is 9.62 Å². The van der Waals surface area contributed by atoms with Gasteiger partial charge < -0.3 is 4.90 Å². The van der Waals surface area contributed by atoms with Crippen molar-refractivity contribution >= 4 is 50.8 Å². The van der Waals surface area contributed by atoms with Crippen molar-refractivity contribution in [1.82, 2.24) is 0 Å². The zero-order valence-corrected chi connectivity index (χ0v) is 16.4. The van der Waals surface area contributed by atoms with Gasteiger partial charge in [-0.1, -0.05) is 42.5 Å². The first-order valence-electron chi connectivity index (χ1n) is 8.40.